The number of aldehydes is 1. The average molecular weight is 264 g/mol. The van der Waals surface area contributed by atoms with Crippen LogP contribution in [-0.2, 0) is 11.2 Å². The van der Waals surface area contributed by atoms with Crippen LogP contribution in [0, 0.1) is 0 Å². The van der Waals surface area contributed by atoms with Crippen molar-refractivity contribution in [3.8, 4) is 11.5 Å². The molecule has 0 aromatic heterocycles. The van der Waals surface area contributed by atoms with Crippen LogP contribution in [0.5, 0.6) is 11.5 Å². The van der Waals surface area contributed by atoms with Crippen LogP contribution in [0.3, 0.4) is 0 Å². The first-order valence-corrected chi connectivity index (χ1v) is 6.08. The lowest BCUT2D eigenvalue weighted by atomic mass is 9.87. The molecule has 1 aliphatic heterocycles. The quantitative estimate of drug-likeness (QED) is 0.802. The Morgan fingerprint density at radius 3 is 2.79 bits per heavy atom. The molecule has 5 nitrogen and oxygen atoms in total. The first kappa shape index (κ1) is 13.5. The van der Waals surface area contributed by atoms with Crippen molar-refractivity contribution in [1.82, 2.24) is 0 Å². The van der Waals surface area contributed by atoms with E-state index in [0.717, 1.165) is 0 Å². The first-order valence-electron chi connectivity index (χ1n) is 6.08. The van der Waals surface area contributed by atoms with E-state index in [9.17, 15) is 19.8 Å². The van der Waals surface area contributed by atoms with Crippen LogP contribution in [0.2, 0.25) is 0 Å². The Bertz CT molecular complexity index is 533. The molecule has 2 N–H and O–H groups in total. The SMILES string of the molecule is CC(=O)[C@@](C)(O)[C@H]1CCc2c(ccc(O)c2C=O)O1. The highest BCUT2D eigenvalue weighted by molar-refractivity contribution is 5.85. The summed E-state index contributed by atoms with van der Waals surface area (Å²) < 4.78 is 5.61. The van der Waals surface area contributed by atoms with E-state index >= 15 is 0 Å². The zero-order valence-electron chi connectivity index (χ0n) is 10.8. The fourth-order valence-electron chi connectivity index (χ4n) is 2.24. The largest absolute Gasteiger partial charge is 0.507 e. The van der Waals surface area contributed by atoms with Crippen molar-refractivity contribution in [1.29, 1.82) is 0 Å². The number of carbonyl (C=O) groups is 2. The Morgan fingerprint density at radius 1 is 1.53 bits per heavy atom. The average Bonchev–Trinajstić information content (AvgIpc) is 2.37. The van der Waals surface area contributed by atoms with E-state index in [0.29, 0.717) is 30.4 Å². The number of aliphatic hydroxyl groups is 1. The summed E-state index contributed by atoms with van der Waals surface area (Å²) in [7, 11) is 0. The zero-order valence-corrected chi connectivity index (χ0v) is 10.8. The number of carbonyl (C=O) groups excluding carboxylic acids is 2. The van der Waals surface area contributed by atoms with Crippen molar-refractivity contribution >= 4 is 12.1 Å². The summed E-state index contributed by atoms with van der Waals surface area (Å²) in [6.45, 7) is 2.73. The number of aromatic hydroxyl groups is 1. The molecule has 0 fully saturated rings. The van der Waals surface area contributed by atoms with Gasteiger partial charge in [-0.3, -0.25) is 9.59 Å². The third-order valence-electron chi connectivity index (χ3n) is 3.67. The third-order valence-corrected chi connectivity index (χ3v) is 3.67. The van der Waals surface area contributed by atoms with Gasteiger partial charge in [0.15, 0.2) is 17.7 Å². The summed E-state index contributed by atoms with van der Waals surface area (Å²) in [5.74, 6) is -0.0258. The van der Waals surface area contributed by atoms with Gasteiger partial charge in [0.1, 0.15) is 17.6 Å². The van der Waals surface area contributed by atoms with Gasteiger partial charge in [-0.15, -0.1) is 0 Å². The Balaban J connectivity index is 2.36. The summed E-state index contributed by atoms with van der Waals surface area (Å²) >= 11 is 0. The molecule has 0 saturated carbocycles. The van der Waals surface area contributed by atoms with E-state index in [1.165, 1.54) is 19.9 Å². The van der Waals surface area contributed by atoms with Crippen LogP contribution >= 0.6 is 0 Å². The Labute approximate surface area is 110 Å². The normalized spacial score (nSPS) is 20.9. The number of hydrogen-bond donors (Lipinski definition) is 2. The lowest BCUT2D eigenvalue weighted by molar-refractivity contribution is -0.144. The topological polar surface area (TPSA) is 83.8 Å². The number of rotatable bonds is 3. The molecule has 102 valence electrons. The monoisotopic (exact) mass is 264 g/mol. The fourth-order valence-corrected chi connectivity index (χ4v) is 2.24. The van der Waals surface area contributed by atoms with Crippen molar-refractivity contribution < 1.29 is 24.5 Å². The molecule has 1 heterocycles. The molecular formula is C14H16O5. The maximum atomic E-state index is 11.4. The van der Waals surface area contributed by atoms with Crippen LogP contribution in [-0.4, -0.2) is 34.0 Å². The minimum Gasteiger partial charge on any atom is -0.507 e. The molecule has 2 atom stereocenters. The van der Waals surface area contributed by atoms with E-state index in [-0.39, 0.29) is 17.1 Å². The van der Waals surface area contributed by atoms with E-state index in [4.69, 9.17) is 4.74 Å². The van der Waals surface area contributed by atoms with Crippen LogP contribution in [0.15, 0.2) is 12.1 Å². The van der Waals surface area contributed by atoms with Crippen LogP contribution in [0.25, 0.3) is 0 Å². The van der Waals surface area contributed by atoms with Gasteiger partial charge in [0, 0.05) is 5.56 Å². The minimum absolute atomic E-state index is 0.0888. The van der Waals surface area contributed by atoms with Crippen LogP contribution in [0.4, 0.5) is 0 Å². The van der Waals surface area contributed by atoms with E-state index in [1.54, 1.807) is 6.07 Å². The highest BCUT2D eigenvalue weighted by atomic mass is 16.5. The molecule has 2 rings (SSSR count). The number of Topliss-reactive ketones (excluding diaryl/α,β-unsaturated/α-hetero) is 1. The van der Waals surface area contributed by atoms with Crippen LogP contribution < -0.4 is 4.74 Å². The molecule has 1 aromatic rings. The number of ketones is 1. The summed E-state index contributed by atoms with van der Waals surface area (Å²) in [4.78, 5) is 22.4. The summed E-state index contributed by atoms with van der Waals surface area (Å²) in [6.07, 6.45) is 0.804. The molecule has 1 aliphatic rings. The highest BCUT2D eigenvalue weighted by Crippen LogP contribution is 2.36. The van der Waals surface area contributed by atoms with Crippen LogP contribution in [0.1, 0.15) is 36.2 Å². The van der Waals surface area contributed by atoms with Gasteiger partial charge in [0.2, 0.25) is 0 Å². The predicted molar refractivity (Wildman–Crippen MR) is 67.5 cm³/mol. The molecule has 19 heavy (non-hydrogen) atoms. The molecule has 0 radical (unpaired) electrons. The molecule has 1 aromatic carbocycles. The Hall–Kier alpha value is -1.88. The lowest BCUT2D eigenvalue weighted by Gasteiger charge is -2.35. The first-order chi connectivity index (χ1) is 8.87. The smallest absolute Gasteiger partial charge is 0.164 e. The van der Waals surface area contributed by atoms with Crippen molar-refractivity contribution in [2.24, 2.45) is 0 Å². The molecule has 0 unspecified atom stereocenters. The van der Waals surface area contributed by atoms with E-state index < -0.39 is 11.7 Å². The number of phenols is 1. The standard InChI is InChI=1S/C14H16O5/c1-8(16)14(2,18)13-6-3-9-10(7-15)11(17)4-5-12(9)19-13/h4-5,7,13,17-18H,3,6H2,1-2H3/t13-,14-/m1/s1. The molecule has 0 bridgehead atoms. The van der Waals surface area contributed by atoms with Gasteiger partial charge < -0.3 is 14.9 Å². The molecule has 5 heteroatoms. The highest BCUT2D eigenvalue weighted by Gasteiger charge is 2.40. The third kappa shape index (κ3) is 2.21. The maximum absolute atomic E-state index is 11.4. The number of fused-ring (bicyclic) bond motifs is 1. The summed E-state index contributed by atoms with van der Waals surface area (Å²) in [5, 5.41) is 19.7. The predicted octanol–water partition coefficient (Wildman–Crippen LogP) is 1.24. The zero-order chi connectivity index (χ0) is 14.2. The lowest BCUT2D eigenvalue weighted by Crippen LogP contribution is -2.50. The van der Waals surface area contributed by atoms with Crippen molar-refractivity contribution in [3.05, 3.63) is 23.3 Å². The number of ether oxygens (including phenoxy) is 1. The van der Waals surface area contributed by atoms with E-state index in [2.05, 4.69) is 0 Å². The Morgan fingerprint density at radius 2 is 2.21 bits per heavy atom. The van der Waals surface area contributed by atoms with Gasteiger partial charge in [-0.25, -0.2) is 0 Å². The molecule has 0 saturated heterocycles. The van der Waals surface area contributed by atoms with Crippen molar-refractivity contribution in [2.75, 3.05) is 0 Å². The fraction of sp³-hybridized carbons (Fsp3) is 0.429. The van der Waals surface area contributed by atoms with Gasteiger partial charge in [0.25, 0.3) is 0 Å². The minimum atomic E-state index is -1.56. The maximum Gasteiger partial charge on any atom is 0.164 e. The molecule has 0 spiro atoms. The number of benzene rings is 1. The Kier molecular flexibility index (Phi) is 3.32. The van der Waals surface area contributed by atoms with Gasteiger partial charge in [0.05, 0.1) is 5.56 Å². The second-order valence-corrected chi connectivity index (χ2v) is 4.94. The second-order valence-electron chi connectivity index (χ2n) is 4.94. The summed E-state index contributed by atoms with van der Waals surface area (Å²) in [5.41, 5.74) is -0.735. The molecule has 0 amide bonds. The van der Waals surface area contributed by atoms with Gasteiger partial charge in [-0.05, 0) is 38.8 Å². The van der Waals surface area contributed by atoms with E-state index in [1.807, 2.05) is 0 Å². The van der Waals surface area contributed by atoms with Gasteiger partial charge in [-0.1, -0.05) is 0 Å². The second kappa shape index (κ2) is 4.66. The number of hydrogen-bond acceptors (Lipinski definition) is 5. The summed E-state index contributed by atoms with van der Waals surface area (Å²) in [6, 6.07) is 2.91. The molecular weight excluding hydrogens is 248 g/mol. The van der Waals surface area contributed by atoms with Gasteiger partial charge in [-0.2, -0.15) is 0 Å². The van der Waals surface area contributed by atoms with Gasteiger partial charge >= 0.3 is 0 Å². The number of phenolic OH excluding ortho intramolecular Hbond substituents is 1. The molecule has 0 aliphatic carbocycles. The van der Waals surface area contributed by atoms with Crippen molar-refractivity contribution in [3.63, 3.8) is 0 Å². The van der Waals surface area contributed by atoms with Crippen molar-refractivity contribution in [2.45, 2.75) is 38.4 Å².